The highest BCUT2D eigenvalue weighted by atomic mass is 19.4. The van der Waals surface area contributed by atoms with Crippen LogP contribution in [0.25, 0.3) is 0 Å². The maximum Gasteiger partial charge on any atom is 0.416 e. The Hall–Kier alpha value is -2.24. The van der Waals surface area contributed by atoms with Gasteiger partial charge in [-0.05, 0) is 30.7 Å². The van der Waals surface area contributed by atoms with Crippen LogP contribution in [0.3, 0.4) is 0 Å². The van der Waals surface area contributed by atoms with E-state index in [0.717, 1.165) is 18.2 Å². The van der Waals surface area contributed by atoms with Gasteiger partial charge in [-0.2, -0.15) is 13.2 Å². The van der Waals surface area contributed by atoms with E-state index >= 15 is 0 Å². The van der Waals surface area contributed by atoms with Crippen LogP contribution in [0.5, 0.6) is 5.75 Å². The van der Waals surface area contributed by atoms with Crippen molar-refractivity contribution in [2.24, 2.45) is 0 Å². The highest BCUT2D eigenvalue weighted by Gasteiger charge is 2.30. The Morgan fingerprint density at radius 1 is 1.14 bits per heavy atom. The van der Waals surface area contributed by atoms with Gasteiger partial charge in [-0.3, -0.25) is 0 Å². The number of para-hydroxylation sites is 1. The number of aromatic hydroxyl groups is 1. The monoisotopic (exact) mass is 299 g/mol. The van der Waals surface area contributed by atoms with Gasteiger partial charge in [0.25, 0.3) is 0 Å². The molecule has 0 radical (unpaired) electrons. The van der Waals surface area contributed by atoms with Gasteiger partial charge in [0.05, 0.1) is 5.56 Å². The molecule has 112 valence electrons. The summed E-state index contributed by atoms with van der Waals surface area (Å²) in [6.07, 6.45) is -4.43. The van der Waals surface area contributed by atoms with Crippen LogP contribution in [-0.2, 0) is 12.7 Å². The van der Waals surface area contributed by atoms with Crippen molar-refractivity contribution >= 4 is 5.69 Å². The van der Waals surface area contributed by atoms with Gasteiger partial charge in [-0.15, -0.1) is 0 Å². The van der Waals surface area contributed by atoms with E-state index in [9.17, 15) is 22.7 Å². The van der Waals surface area contributed by atoms with Crippen molar-refractivity contribution in [2.45, 2.75) is 19.6 Å². The largest absolute Gasteiger partial charge is 0.505 e. The molecule has 2 N–H and O–H groups in total. The highest BCUT2D eigenvalue weighted by molar-refractivity contribution is 5.54. The number of anilines is 1. The number of phenols is 1. The second-order valence-electron chi connectivity index (χ2n) is 4.63. The molecule has 0 aromatic heterocycles. The number of aryl methyl sites for hydroxylation is 1. The molecule has 6 heteroatoms. The zero-order valence-corrected chi connectivity index (χ0v) is 11.1. The molecule has 0 heterocycles. The number of benzene rings is 2. The molecule has 2 rings (SSSR count). The quantitative estimate of drug-likeness (QED) is 0.820. The van der Waals surface area contributed by atoms with E-state index in [-0.39, 0.29) is 17.8 Å². The summed E-state index contributed by atoms with van der Waals surface area (Å²) >= 11 is 0. The average molecular weight is 299 g/mol. The molecule has 2 aromatic rings. The molecule has 0 amide bonds. The standard InChI is InChI=1S/C15H13F4NO/c1-9-5-6-11(15(17,18)19)7-13(9)20-8-10-3-2-4-12(16)14(10)21/h2-7,20-21H,8H2,1H3. The van der Waals surface area contributed by atoms with Crippen LogP contribution in [0.2, 0.25) is 0 Å². The molecule has 0 saturated carbocycles. The molecule has 0 fully saturated rings. The lowest BCUT2D eigenvalue weighted by molar-refractivity contribution is -0.137. The minimum Gasteiger partial charge on any atom is -0.505 e. The summed E-state index contributed by atoms with van der Waals surface area (Å²) in [7, 11) is 0. The Morgan fingerprint density at radius 3 is 2.52 bits per heavy atom. The van der Waals surface area contributed by atoms with Gasteiger partial charge in [-0.1, -0.05) is 18.2 Å². The van der Waals surface area contributed by atoms with Crippen molar-refractivity contribution in [3.05, 3.63) is 58.9 Å². The molecule has 0 unspecified atom stereocenters. The first-order chi connectivity index (χ1) is 9.79. The maximum atomic E-state index is 13.2. The van der Waals surface area contributed by atoms with Gasteiger partial charge in [0.2, 0.25) is 0 Å². The summed E-state index contributed by atoms with van der Waals surface area (Å²) in [5, 5.41) is 12.3. The van der Waals surface area contributed by atoms with Crippen LogP contribution in [0, 0.1) is 12.7 Å². The summed E-state index contributed by atoms with van der Waals surface area (Å²) in [4.78, 5) is 0. The van der Waals surface area contributed by atoms with Crippen molar-refractivity contribution in [1.82, 2.24) is 0 Å². The van der Waals surface area contributed by atoms with Crippen molar-refractivity contribution in [3.8, 4) is 5.75 Å². The number of halogens is 4. The fourth-order valence-corrected chi connectivity index (χ4v) is 1.88. The predicted octanol–water partition coefficient (Wildman–Crippen LogP) is 4.47. The third-order valence-corrected chi connectivity index (χ3v) is 3.10. The van der Waals surface area contributed by atoms with E-state index in [2.05, 4.69) is 5.32 Å². The second kappa shape index (κ2) is 5.63. The van der Waals surface area contributed by atoms with Crippen LogP contribution in [-0.4, -0.2) is 5.11 Å². The first-order valence-electron chi connectivity index (χ1n) is 6.17. The van der Waals surface area contributed by atoms with Crippen LogP contribution in [0.15, 0.2) is 36.4 Å². The highest BCUT2D eigenvalue weighted by Crippen LogP contribution is 2.32. The molecule has 0 bridgehead atoms. The molecule has 21 heavy (non-hydrogen) atoms. The molecular weight excluding hydrogens is 286 g/mol. The lowest BCUT2D eigenvalue weighted by Crippen LogP contribution is -2.08. The molecular formula is C15H13F4NO. The van der Waals surface area contributed by atoms with Crippen LogP contribution in [0.4, 0.5) is 23.2 Å². The lowest BCUT2D eigenvalue weighted by atomic mass is 10.1. The zero-order valence-electron chi connectivity index (χ0n) is 11.1. The Morgan fingerprint density at radius 2 is 1.86 bits per heavy atom. The van der Waals surface area contributed by atoms with Gasteiger partial charge >= 0.3 is 6.18 Å². The van der Waals surface area contributed by atoms with E-state index in [4.69, 9.17) is 0 Å². The van der Waals surface area contributed by atoms with Gasteiger partial charge in [-0.25, -0.2) is 4.39 Å². The maximum absolute atomic E-state index is 13.2. The summed E-state index contributed by atoms with van der Waals surface area (Å²) in [6.45, 7) is 1.68. The van der Waals surface area contributed by atoms with E-state index in [1.165, 1.54) is 18.2 Å². The Bertz CT molecular complexity index is 653. The zero-order chi connectivity index (χ0) is 15.6. The van der Waals surface area contributed by atoms with Crippen molar-refractivity contribution in [2.75, 3.05) is 5.32 Å². The van der Waals surface area contributed by atoms with Gasteiger partial charge in [0.1, 0.15) is 0 Å². The second-order valence-corrected chi connectivity index (χ2v) is 4.63. The third-order valence-electron chi connectivity index (χ3n) is 3.10. The minimum absolute atomic E-state index is 0.0196. The summed E-state index contributed by atoms with van der Waals surface area (Å²) < 4.78 is 51.2. The average Bonchev–Trinajstić information content (AvgIpc) is 2.40. The summed E-state index contributed by atoms with van der Waals surface area (Å²) in [6, 6.07) is 7.37. The van der Waals surface area contributed by atoms with E-state index < -0.39 is 23.3 Å². The van der Waals surface area contributed by atoms with Gasteiger partial charge < -0.3 is 10.4 Å². The predicted molar refractivity (Wildman–Crippen MR) is 71.6 cm³/mol. The number of alkyl halides is 3. The molecule has 0 aliphatic rings. The number of phenolic OH excluding ortho intramolecular Hbond substituents is 1. The van der Waals surface area contributed by atoms with Crippen molar-refractivity contribution in [1.29, 1.82) is 0 Å². The molecule has 0 aliphatic heterocycles. The van der Waals surface area contributed by atoms with Gasteiger partial charge in [0, 0.05) is 17.8 Å². The Labute approximate surface area is 119 Å². The molecule has 2 aromatic carbocycles. The lowest BCUT2D eigenvalue weighted by Gasteiger charge is -2.14. The minimum atomic E-state index is -4.43. The van der Waals surface area contributed by atoms with E-state index in [1.807, 2.05) is 0 Å². The number of hydrogen-bond acceptors (Lipinski definition) is 2. The fraction of sp³-hybridized carbons (Fsp3) is 0.200. The Kier molecular flexibility index (Phi) is 4.06. The van der Waals surface area contributed by atoms with Gasteiger partial charge in [0.15, 0.2) is 11.6 Å². The fourth-order valence-electron chi connectivity index (χ4n) is 1.88. The summed E-state index contributed by atoms with van der Waals surface area (Å²) in [5.74, 6) is -1.27. The van der Waals surface area contributed by atoms with Crippen LogP contribution in [0.1, 0.15) is 16.7 Å². The van der Waals surface area contributed by atoms with E-state index in [1.54, 1.807) is 6.92 Å². The van der Waals surface area contributed by atoms with Crippen molar-refractivity contribution in [3.63, 3.8) is 0 Å². The SMILES string of the molecule is Cc1ccc(C(F)(F)F)cc1NCc1cccc(F)c1O. The molecule has 0 saturated heterocycles. The number of rotatable bonds is 3. The molecule has 0 aliphatic carbocycles. The topological polar surface area (TPSA) is 32.3 Å². The number of nitrogens with one attached hydrogen (secondary N) is 1. The van der Waals surface area contributed by atoms with Crippen molar-refractivity contribution < 1.29 is 22.7 Å². The molecule has 2 nitrogen and oxygen atoms in total. The van der Waals surface area contributed by atoms with Crippen LogP contribution < -0.4 is 5.32 Å². The normalized spacial score (nSPS) is 11.5. The molecule has 0 spiro atoms. The number of hydrogen-bond donors (Lipinski definition) is 2. The smallest absolute Gasteiger partial charge is 0.416 e. The summed E-state index contributed by atoms with van der Waals surface area (Å²) in [5.41, 5.74) is 0.415. The van der Waals surface area contributed by atoms with Crippen LogP contribution >= 0.6 is 0 Å². The third kappa shape index (κ3) is 3.45. The first kappa shape index (κ1) is 15.2. The van der Waals surface area contributed by atoms with E-state index in [0.29, 0.717) is 5.56 Å². The Balaban J connectivity index is 2.22. The molecule has 0 atom stereocenters. The first-order valence-corrected chi connectivity index (χ1v) is 6.17.